The summed E-state index contributed by atoms with van der Waals surface area (Å²) in [5, 5.41) is 2.20. The van der Waals surface area contributed by atoms with E-state index in [1.54, 1.807) is 18.2 Å². The Morgan fingerprint density at radius 3 is 2.71 bits per heavy atom. The molecule has 2 unspecified atom stereocenters. The van der Waals surface area contributed by atoms with Gasteiger partial charge in [0.1, 0.15) is 11.8 Å². The molecule has 2 atom stereocenters. The summed E-state index contributed by atoms with van der Waals surface area (Å²) >= 11 is 0. The number of carbonyl (C=O) groups excluding carboxylic acids is 4. The highest BCUT2D eigenvalue weighted by molar-refractivity contribution is 6.24. The Labute approximate surface area is 180 Å². The highest BCUT2D eigenvalue weighted by Crippen LogP contribution is 2.33. The van der Waals surface area contributed by atoms with Crippen LogP contribution in [0.4, 0.5) is 0 Å². The Morgan fingerprint density at radius 1 is 1.06 bits per heavy atom. The average Bonchev–Trinajstić information content (AvgIpc) is 2.88. The standard InChI is InChI=1S/C23H27N3O5/c24-15-6-1-4-14(9-10-15)5-3-13-31-18-8-2-7-16-20(18)23(30)26(22(16)29)17-11-12-19(27)25-21(17)28/h2,4,7-8,15,17H,1,3,5-6,9-13,24H2,(H,25,27,28). The SMILES string of the molecule is NC1CCC=C(CCCOc2cccc3c2C(=O)N(C2CCC(=O)NC2=O)C3=O)CC1. The van der Waals surface area contributed by atoms with Crippen LogP contribution in [-0.2, 0) is 9.59 Å². The van der Waals surface area contributed by atoms with Crippen LogP contribution < -0.4 is 15.8 Å². The summed E-state index contributed by atoms with van der Waals surface area (Å²) in [7, 11) is 0. The molecule has 8 heteroatoms. The van der Waals surface area contributed by atoms with Crippen LogP contribution in [0, 0.1) is 0 Å². The zero-order chi connectivity index (χ0) is 22.0. The molecule has 1 aromatic carbocycles. The van der Waals surface area contributed by atoms with Crippen molar-refractivity contribution in [2.24, 2.45) is 5.73 Å². The molecule has 3 N–H and O–H groups in total. The van der Waals surface area contributed by atoms with E-state index in [0.717, 1.165) is 43.4 Å². The summed E-state index contributed by atoms with van der Waals surface area (Å²) in [5.74, 6) is -1.75. The van der Waals surface area contributed by atoms with Crippen molar-refractivity contribution in [3.8, 4) is 5.75 Å². The minimum Gasteiger partial charge on any atom is -0.493 e. The van der Waals surface area contributed by atoms with Gasteiger partial charge in [-0.1, -0.05) is 17.7 Å². The van der Waals surface area contributed by atoms with Crippen LogP contribution in [0.15, 0.2) is 29.8 Å². The summed E-state index contributed by atoms with van der Waals surface area (Å²) in [6, 6.07) is 4.19. The molecular formula is C23H27N3O5. The van der Waals surface area contributed by atoms with E-state index in [1.165, 1.54) is 5.57 Å². The predicted octanol–water partition coefficient (Wildman–Crippen LogP) is 2.07. The number of piperidine rings is 1. The maximum Gasteiger partial charge on any atom is 0.266 e. The number of hydrogen-bond donors (Lipinski definition) is 2. The lowest BCUT2D eigenvalue weighted by Gasteiger charge is -2.27. The van der Waals surface area contributed by atoms with E-state index < -0.39 is 29.7 Å². The van der Waals surface area contributed by atoms with Gasteiger partial charge in [0, 0.05) is 12.5 Å². The molecule has 0 spiro atoms. The lowest BCUT2D eigenvalue weighted by atomic mass is 10.0. The first kappa shape index (κ1) is 21.2. The largest absolute Gasteiger partial charge is 0.493 e. The summed E-state index contributed by atoms with van der Waals surface area (Å²) in [6.45, 7) is 0.416. The molecule has 4 amide bonds. The summed E-state index contributed by atoms with van der Waals surface area (Å²) in [4.78, 5) is 50.5. The van der Waals surface area contributed by atoms with Crippen molar-refractivity contribution in [3.63, 3.8) is 0 Å². The van der Waals surface area contributed by atoms with E-state index in [4.69, 9.17) is 10.5 Å². The third kappa shape index (κ3) is 4.39. The molecule has 1 saturated heterocycles. The first-order valence-corrected chi connectivity index (χ1v) is 10.9. The number of carbonyl (C=O) groups is 4. The molecule has 0 radical (unpaired) electrons. The molecule has 2 aliphatic heterocycles. The zero-order valence-electron chi connectivity index (χ0n) is 17.4. The highest BCUT2D eigenvalue weighted by Gasteiger charge is 2.45. The number of nitrogens with one attached hydrogen (secondary N) is 1. The number of allylic oxidation sites excluding steroid dienone is 2. The third-order valence-electron chi connectivity index (χ3n) is 6.14. The normalized spacial score (nSPS) is 23.9. The minimum atomic E-state index is -0.980. The molecule has 0 saturated carbocycles. The fourth-order valence-electron chi connectivity index (χ4n) is 4.43. The van der Waals surface area contributed by atoms with Crippen molar-refractivity contribution in [2.45, 2.75) is 63.5 Å². The lowest BCUT2D eigenvalue weighted by Crippen LogP contribution is -2.54. The van der Waals surface area contributed by atoms with E-state index in [-0.39, 0.29) is 30.0 Å². The van der Waals surface area contributed by atoms with Crippen molar-refractivity contribution < 1.29 is 23.9 Å². The molecule has 164 valence electrons. The van der Waals surface area contributed by atoms with Crippen LogP contribution in [0.2, 0.25) is 0 Å². The second kappa shape index (κ2) is 9.01. The fraction of sp³-hybridized carbons (Fsp3) is 0.478. The quantitative estimate of drug-likeness (QED) is 0.409. The van der Waals surface area contributed by atoms with Gasteiger partial charge in [-0.2, -0.15) is 0 Å². The zero-order valence-corrected chi connectivity index (χ0v) is 17.4. The number of amides is 4. The van der Waals surface area contributed by atoms with Gasteiger partial charge in [-0.15, -0.1) is 0 Å². The molecular weight excluding hydrogens is 398 g/mol. The van der Waals surface area contributed by atoms with Crippen molar-refractivity contribution >= 4 is 23.6 Å². The first-order chi connectivity index (χ1) is 15.0. The van der Waals surface area contributed by atoms with E-state index in [9.17, 15) is 19.2 Å². The predicted molar refractivity (Wildman–Crippen MR) is 112 cm³/mol. The number of ether oxygens (including phenoxy) is 1. The minimum absolute atomic E-state index is 0.0912. The number of rotatable bonds is 6. The summed E-state index contributed by atoms with van der Waals surface area (Å²) in [5.41, 5.74) is 7.84. The average molecular weight is 425 g/mol. The lowest BCUT2D eigenvalue weighted by molar-refractivity contribution is -0.136. The van der Waals surface area contributed by atoms with Gasteiger partial charge >= 0.3 is 0 Å². The topological polar surface area (TPSA) is 119 Å². The molecule has 0 bridgehead atoms. The van der Waals surface area contributed by atoms with Crippen molar-refractivity contribution in [3.05, 3.63) is 41.0 Å². The van der Waals surface area contributed by atoms with Gasteiger partial charge in [0.05, 0.1) is 17.7 Å². The second-order valence-corrected chi connectivity index (χ2v) is 8.32. The van der Waals surface area contributed by atoms with Crippen LogP contribution in [0.3, 0.4) is 0 Å². The van der Waals surface area contributed by atoms with E-state index in [2.05, 4.69) is 11.4 Å². The number of nitrogens with two attached hydrogens (primary N) is 1. The van der Waals surface area contributed by atoms with Crippen molar-refractivity contribution in [1.29, 1.82) is 0 Å². The Kier molecular flexibility index (Phi) is 6.18. The van der Waals surface area contributed by atoms with Gasteiger partial charge in [-0.3, -0.25) is 29.4 Å². The first-order valence-electron chi connectivity index (χ1n) is 10.9. The van der Waals surface area contributed by atoms with Crippen molar-refractivity contribution in [1.82, 2.24) is 10.2 Å². The Morgan fingerprint density at radius 2 is 1.90 bits per heavy atom. The monoisotopic (exact) mass is 425 g/mol. The van der Waals surface area contributed by atoms with Crippen LogP contribution in [0.5, 0.6) is 5.75 Å². The molecule has 0 aromatic heterocycles. The van der Waals surface area contributed by atoms with Gasteiger partial charge in [-0.05, 0) is 57.1 Å². The molecule has 1 fully saturated rings. The van der Waals surface area contributed by atoms with Gasteiger partial charge in [0.15, 0.2) is 0 Å². The van der Waals surface area contributed by atoms with Crippen LogP contribution >= 0.6 is 0 Å². The third-order valence-corrected chi connectivity index (χ3v) is 6.14. The van der Waals surface area contributed by atoms with E-state index in [1.807, 2.05) is 0 Å². The molecule has 1 aliphatic carbocycles. The summed E-state index contributed by atoms with van der Waals surface area (Å²) < 4.78 is 5.88. The molecule has 2 heterocycles. The number of imide groups is 2. The molecule has 31 heavy (non-hydrogen) atoms. The number of nitrogens with zero attached hydrogens (tertiary/aromatic N) is 1. The number of fused-ring (bicyclic) bond motifs is 1. The van der Waals surface area contributed by atoms with Crippen LogP contribution in [0.25, 0.3) is 0 Å². The summed E-state index contributed by atoms with van der Waals surface area (Å²) in [6.07, 6.45) is 8.25. The number of benzene rings is 1. The van der Waals surface area contributed by atoms with Gasteiger partial charge in [-0.25, -0.2) is 0 Å². The second-order valence-electron chi connectivity index (χ2n) is 8.32. The van der Waals surface area contributed by atoms with E-state index >= 15 is 0 Å². The van der Waals surface area contributed by atoms with Crippen molar-refractivity contribution in [2.75, 3.05) is 6.61 Å². The number of hydrogen-bond acceptors (Lipinski definition) is 6. The fourth-order valence-corrected chi connectivity index (χ4v) is 4.43. The maximum absolute atomic E-state index is 13.0. The molecule has 8 nitrogen and oxygen atoms in total. The maximum atomic E-state index is 13.0. The smallest absolute Gasteiger partial charge is 0.266 e. The van der Waals surface area contributed by atoms with E-state index in [0.29, 0.717) is 12.4 Å². The molecule has 1 aromatic rings. The van der Waals surface area contributed by atoms with Crippen LogP contribution in [-0.4, -0.2) is 47.2 Å². The Balaban J connectivity index is 1.41. The Hall–Kier alpha value is -3.00. The molecule has 4 rings (SSSR count). The Bertz CT molecular complexity index is 955. The van der Waals surface area contributed by atoms with Gasteiger partial charge < -0.3 is 10.5 Å². The van der Waals surface area contributed by atoms with Gasteiger partial charge in [0.2, 0.25) is 11.8 Å². The van der Waals surface area contributed by atoms with Crippen LogP contribution in [0.1, 0.15) is 72.1 Å². The molecule has 3 aliphatic rings. The highest BCUT2D eigenvalue weighted by atomic mass is 16.5. The van der Waals surface area contributed by atoms with Gasteiger partial charge in [0.25, 0.3) is 11.8 Å².